The topological polar surface area (TPSA) is 110 Å². The molecule has 0 saturated heterocycles. The van der Waals surface area contributed by atoms with E-state index in [4.69, 9.17) is 10.8 Å². The third-order valence-corrected chi connectivity index (χ3v) is 2.67. The maximum atomic E-state index is 11.5. The van der Waals surface area contributed by atoms with E-state index in [1.165, 1.54) is 0 Å². The van der Waals surface area contributed by atoms with E-state index in [1.807, 2.05) is 6.92 Å². The summed E-state index contributed by atoms with van der Waals surface area (Å²) in [5.41, 5.74) is 5.93. The van der Waals surface area contributed by atoms with Gasteiger partial charge in [0.15, 0.2) is 11.2 Å². The number of aliphatic hydroxyl groups excluding tert-OH is 1. The molecular formula is C10H15N5O2. The van der Waals surface area contributed by atoms with Gasteiger partial charge in [0.25, 0.3) is 5.56 Å². The van der Waals surface area contributed by atoms with E-state index in [9.17, 15) is 4.79 Å². The Morgan fingerprint density at radius 1 is 1.65 bits per heavy atom. The van der Waals surface area contributed by atoms with Crippen LogP contribution in [0.15, 0.2) is 11.1 Å². The fourth-order valence-electron chi connectivity index (χ4n) is 1.59. The summed E-state index contributed by atoms with van der Waals surface area (Å²) in [5, 5.41) is 8.95. The molecule has 0 aliphatic heterocycles. The van der Waals surface area contributed by atoms with E-state index in [-0.39, 0.29) is 29.5 Å². The molecule has 2 aromatic heterocycles. The summed E-state index contributed by atoms with van der Waals surface area (Å²) < 4.78 is 1.77. The zero-order chi connectivity index (χ0) is 12.4. The molecule has 0 saturated carbocycles. The van der Waals surface area contributed by atoms with Gasteiger partial charge in [0.1, 0.15) is 0 Å². The van der Waals surface area contributed by atoms with Gasteiger partial charge in [-0.15, -0.1) is 0 Å². The fraction of sp³-hybridized carbons (Fsp3) is 0.500. The van der Waals surface area contributed by atoms with Crippen LogP contribution in [0.3, 0.4) is 0 Å². The number of nitrogens with one attached hydrogen (secondary N) is 1. The van der Waals surface area contributed by atoms with Gasteiger partial charge in [0, 0.05) is 13.2 Å². The van der Waals surface area contributed by atoms with Crippen molar-refractivity contribution in [2.75, 3.05) is 12.3 Å². The van der Waals surface area contributed by atoms with E-state index in [1.54, 1.807) is 10.9 Å². The van der Waals surface area contributed by atoms with Gasteiger partial charge in [0.2, 0.25) is 5.95 Å². The first kappa shape index (κ1) is 11.6. The molecule has 0 aliphatic carbocycles. The lowest BCUT2D eigenvalue weighted by atomic mass is 10.1. The van der Waals surface area contributed by atoms with Crippen LogP contribution in [0.4, 0.5) is 5.95 Å². The van der Waals surface area contributed by atoms with E-state index < -0.39 is 0 Å². The molecule has 1 unspecified atom stereocenters. The van der Waals surface area contributed by atoms with Crippen molar-refractivity contribution in [1.82, 2.24) is 19.5 Å². The van der Waals surface area contributed by atoms with Gasteiger partial charge in [-0.1, -0.05) is 6.92 Å². The van der Waals surface area contributed by atoms with Gasteiger partial charge in [-0.2, -0.15) is 4.98 Å². The van der Waals surface area contributed by atoms with E-state index in [2.05, 4.69) is 15.0 Å². The number of aromatic amines is 1. The number of nitrogens with two attached hydrogens (primary N) is 1. The Bertz CT molecular complexity index is 574. The van der Waals surface area contributed by atoms with Crippen LogP contribution in [0.25, 0.3) is 11.2 Å². The molecule has 0 aliphatic rings. The Balaban J connectivity index is 2.33. The monoisotopic (exact) mass is 237 g/mol. The quantitative estimate of drug-likeness (QED) is 0.677. The standard InChI is InChI=1S/C10H15N5O2/c1-6(4-16)2-3-15-5-12-7-8(15)13-10(11)14-9(7)17/h5-6,16H,2-4H2,1H3,(H3,11,13,14,17). The van der Waals surface area contributed by atoms with Gasteiger partial charge >= 0.3 is 0 Å². The lowest BCUT2D eigenvalue weighted by molar-refractivity contribution is 0.226. The number of rotatable bonds is 4. The smallest absolute Gasteiger partial charge is 0.280 e. The van der Waals surface area contributed by atoms with Crippen LogP contribution in [0, 0.1) is 5.92 Å². The molecule has 2 aromatic rings. The molecular weight excluding hydrogens is 222 g/mol. The second-order valence-electron chi connectivity index (χ2n) is 4.14. The largest absolute Gasteiger partial charge is 0.396 e. The lowest BCUT2D eigenvalue weighted by Gasteiger charge is -2.08. The summed E-state index contributed by atoms with van der Waals surface area (Å²) in [6, 6.07) is 0. The molecule has 7 heteroatoms. The highest BCUT2D eigenvalue weighted by atomic mass is 16.3. The molecule has 4 N–H and O–H groups in total. The van der Waals surface area contributed by atoms with Crippen molar-refractivity contribution in [3.8, 4) is 0 Å². The van der Waals surface area contributed by atoms with Crippen molar-refractivity contribution < 1.29 is 5.11 Å². The van der Waals surface area contributed by atoms with Gasteiger partial charge in [-0.05, 0) is 12.3 Å². The van der Waals surface area contributed by atoms with Gasteiger partial charge in [-0.3, -0.25) is 9.78 Å². The minimum atomic E-state index is -0.332. The molecule has 1 atom stereocenters. The number of imidazole rings is 1. The van der Waals surface area contributed by atoms with E-state index in [0.29, 0.717) is 12.2 Å². The highest BCUT2D eigenvalue weighted by molar-refractivity contribution is 5.70. The molecule has 0 radical (unpaired) electrons. The number of H-pyrrole nitrogens is 1. The number of hydrogen-bond acceptors (Lipinski definition) is 5. The number of fused-ring (bicyclic) bond motifs is 1. The first-order chi connectivity index (χ1) is 8.11. The van der Waals surface area contributed by atoms with Crippen molar-refractivity contribution in [1.29, 1.82) is 0 Å². The average Bonchev–Trinajstić information content (AvgIpc) is 2.69. The number of nitrogens with zero attached hydrogens (tertiary/aromatic N) is 3. The van der Waals surface area contributed by atoms with Crippen molar-refractivity contribution in [2.45, 2.75) is 19.9 Å². The second kappa shape index (κ2) is 4.54. The highest BCUT2D eigenvalue weighted by Gasteiger charge is 2.09. The van der Waals surface area contributed by atoms with Crippen LogP contribution in [0.2, 0.25) is 0 Å². The summed E-state index contributed by atoms with van der Waals surface area (Å²) in [7, 11) is 0. The number of anilines is 1. The zero-order valence-corrected chi connectivity index (χ0v) is 9.55. The minimum Gasteiger partial charge on any atom is -0.396 e. The normalized spacial score (nSPS) is 13.1. The minimum absolute atomic E-state index is 0.0828. The van der Waals surface area contributed by atoms with E-state index >= 15 is 0 Å². The SMILES string of the molecule is CC(CO)CCn1cnc2c(=O)[nH]c(N)nc21. The zero-order valence-electron chi connectivity index (χ0n) is 9.55. The summed E-state index contributed by atoms with van der Waals surface area (Å²) in [6.07, 6.45) is 2.35. The Hall–Kier alpha value is -1.89. The molecule has 0 bridgehead atoms. The van der Waals surface area contributed by atoms with Crippen molar-refractivity contribution in [2.24, 2.45) is 5.92 Å². The van der Waals surface area contributed by atoms with Gasteiger partial charge in [0.05, 0.1) is 6.33 Å². The van der Waals surface area contributed by atoms with Crippen molar-refractivity contribution in [3.63, 3.8) is 0 Å². The van der Waals surface area contributed by atoms with Gasteiger partial charge in [-0.25, -0.2) is 4.98 Å². The average molecular weight is 237 g/mol. The van der Waals surface area contributed by atoms with E-state index in [0.717, 1.165) is 6.42 Å². The first-order valence-corrected chi connectivity index (χ1v) is 5.43. The van der Waals surface area contributed by atoms with Crippen molar-refractivity contribution in [3.05, 3.63) is 16.7 Å². The first-order valence-electron chi connectivity index (χ1n) is 5.43. The third-order valence-electron chi connectivity index (χ3n) is 2.67. The van der Waals surface area contributed by atoms with Crippen LogP contribution in [0.5, 0.6) is 0 Å². The molecule has 0 aromatic carbocycles. The van der Waals surface area contributed by atoms with Crippen molar-refractivity contribution >= 4 is 17.1 Å². The summed E-state index contributed by atoms with van der Waals surface area (Å²) >= 11 is 0. The number of aromatic nitrogens is 4. The van der Waals surface area contributed by atoms with Crippen LogP contribution in [0.1, 0.15) is 13.3 Å². The Labute approximate surface area is 97.3 Å². The molecule has 17 heavy (non-hydrogen) atoms. The van der Waals surface area contributed by atoms with Crippen LogP contribution in [-0.4, -0.2) is 31.2 Å². The second-order valence-corrected chi connectivity index (χ2v) is 4.14. The fourth-order valence-corrected chi connectivity index (χ4v) is 1.59. The lowest BCUT2D eigenvalue weighted by Crippen LogP contribution is -2.13. The molecule has 0 amide bonds. The number of hydrogen-bond donors (Lipinski definition) is 3. The Morgan fingerprint density at radius 2 is 2.41 bits per heavy atom. The summed E-state index contributed by atoms with van der Waals surface area (Å²) in [4.78, 5) is 22.0. The molecule has 7 nitrogen and oxygen atoms in total. The van der Waals surface area contributed by atoms with Crippen LogP contribution < -0.4 is 11.3 Å². The maximum Gasteiger partial charge on any atom is 0.280 e. The Morgan fingerprint density at radius 3 is 3.12 bits per heavy atom. The third kappa shape index (κ3) is 2.28. The molecule has 92 valence electrons. The number of aliphatic hydroxyl groups is 1. The number of aryl methyl sites for hydroxylation is 1. The highest BCUT2D eigenvalue weighted by Crippen LogP contribution is 2.09. The predicted octanol–water partition coefficient (Wildman–Crippen LogP) is -0.280. The summed E-state index contributed by atoms with van der Waals surface area (Å²) in [6.45, 7) is 2.74. The molecule has 2 heterocycles. The van der Waals surface area contributed by atoms with Crippen LogP contribution >= 0.6 is 0 Å². The van der Waals surface area contributed by atoms with Crippen LogP contribution in [-0.2, 0) is 6.54 Å². The predicted molar refractivity (Wildman–Crippen MR) is 63.4 cm³/mol. The molecule has 0 fully saturated rings. The number of nitrogen functional groups attached to an aromatic ring is 1. The molecule has 0 spiro atoms. The summed E-state index contributed by atoms with van der Waals surface area (Å²) in [5.74, 6) is 0.284. The Kier molecular flexibility index (Phi) is 3.10. The maximum absolute atomic E-state index is 11.5. The molecule has 2 rings (SSSR count). The van der Waals surface area contributed by atoms with Gasteiger partial charge < -0.3 is 15.4 Å².